The zero-order chi connectivity index (χ0) is 17.8. The summed E-state index contributed by atoms with van der Waals surface area (Å²) in [5.41, 5.74) is 3.96. The predicted molar refractivity (Wildman–Crippen MR) is 98.5 cm³/mol. The monoisotopic (exact) mass is 337 g/mol. The van der Waals surface area contributed by atoms with Crippen LogP contribution in [-0.2, 0) is 4.79 Å². The van der Waals surface area contributed by atoms with Gasteiger partial charge in [0.2, 0.25) is 5.91 Å². The van der Waals surface area contributed by atoms with Crippen molar-refractivity contribution < 1.29 is 9.59 Å². The highest BCUT2D eigenvalue weighted by Gasteiger charge is 2.30. The molecule has 0 aliphatic carbocycles. The first kappa shape index (κ1) is 17.0. The van der Waals surface area contributed by atoms with Crippen LogP contribution in [0.15, 0.2) is 48.5 Å². The Hall–Kier alpha value is -2.82. The molecule has 1 aliphatic heterocycles. The summed E-state index contributed by atoms with van der Waals surface area (Å²) in [5, 5.41) is 5.86. The van der Waals surface area contributed by atoms with Gasteiger partial charge in [0.1, 0.15) is 0 Å². The minimum absolute atomic E-state index is 0.0316. The lowest BCUT2D eigenvalue weighted by molar-refractivity contribution is -0.121. The first-order valence-corrected chi connectivity index (χ1v) is 8.52. The summed E-state index contributed by atoms with van der Waals surface area (Å²) in [6.45, 7) is 4.95. The normalized spacial score (nSPS) is 17.6. The number of carbonyl (C=O) groups excluding carboxylic acids is 2. The van der Waals surface area contributed by atoms with Gasteiger partial charge in [0, 0.05) is 18.8 Å². The molecule has 0 bridgehead atoms. The van der Waals surface area contributed by atoms with E-state index >= 15 is 0 Å². The van der Waals surface area contributed by atoms with E-state index in [2.05, 4.69) is 10.6 Å². The third-order valence-corrected chi connectivity index (χ3v) is 4.72. The van der Waals surface area contributed by atoms with Crippen LogP contribution in [0.5, 0.6) is 0 Å². The summed E-state index contributed by atoms with van der Waals surface area (Å²) in [7, 11) is 0. The minimum atomic E-state index is -0.270. The molecule has 0 radical (unpaired) electrons. The van der Waals surface area contributed by atoms with Gasteiger partial charge in [-0.1, -0.05) is 42.5 Å². The molecule has 1 aliphatic rings. The summed E-state index contributed by atoms with van der Waals surface area (Å²) in [5.74, 6) is -0.0316. The molecule has 3 rings (SSSR count). The van der Waals surface area contributed by atoms with E-state index in [1.807, 2.05) is 62.4 Å². The molecular weight excluding hydrogens is 314 g/mol. The Bertz CT molecular complexity index is 774. The molecule has 3 amide bonds. The van der Waals surface area contributed by atoms with Crippen LogP contribution in [0.4, 0.5) is 10.5 Å². The second kappa shape index (κ2) is 7.38. The average Bonchev–Trinajstić information content (AvgIpc) is 2.81. The van der Waals surface area contributed by atoms with Crippen molar-refractivity contribution >= 4 is 17.6 Å². The fraction of sp³-hybridized carbons (Fsp3) is 0.300. The Morgan fingerprint density at radius 3 is 2.64 bits per heavy atom. The lowest BCUT2D eigenvalue weighted by atomic mass is 10.0. The second-order valence-corrected chi connectivity index (χ2v) is 6.35. The van der Waals surface area contributed by atoms with Crippen molar-refractivity contribution in [1.82, 2.24) is 10.2 Å². The highest BCUT2D eigenvalue weighted by Crippen LogP contribution is 2.27. The van der Waals surface area contributed by atoms with E-state index in [4.69, 9.17) is 0 Å². The summed E-state index contributed by atoms with van der Waals surface area (Å²) >= 11 is 0. The molecule has 1 heterocycles. The summed E-state index contributed by atoms with van der Waals surface area (Å²) < 4.78 is 0. The molecule has 130 valence electrons. The van der Waals surface area contributed by atoms with E-state index in [0.29, 0.717) is 13.1 Å². The molecule has 2 aromatic rings. The maximum absolute atomic E-state index is 12.9. The predicted octanol–water partition coefficient (Wildman–Crippen LogP) is 3.40. The van der Waals surface area contributed by atoms with Crippen molar-refractivity contribution in [2.24, 2.45) is 0 Å². The number of amides is 3. The maximum atomic E-state index is 12.9. The van der Waals surface area contributed by atoms with Crippen molar-refractivity contribution in [2.75, 3.05) is 18.4 Å². The second-order valence-electron chi connectivity index (χ2n) is 6.35. The molecule has 0 unspecified atom stereocenters. The third kappa shape index (κ3) is 3.82. The van der Waals surface area contributed by atoms with Crippen LogP contribution in [0.2, 0.25) is 0 Å². The van der Waals surface area contributed by atoms with Crippen molar-refractivity contribution in [3.8, 4) is 0 Å². The van der Waals surface area contributed by atoms with Crippen LogP contribution in [-0.4, -0.2) is 29.9 Å². The van der Waals surface area contributed by atoms with Gasteiger partial charge in [0.05, 0.1) is 12.5 Å². The van der Waals surface area contributed by atoms with E-state index in [9.17, 15) is 9.59 Å². The Labute approximate surface area is 148 Å². The molecule has 1 saturated heterocycles. The van der Waals surface area contributed by atoms with Crippen molar-refractivity contribution in [3.05, 3.63) is 65.2 Å². The number of hydrogen-bond acceptors (Lipinski definition) is 2. The van der Waals surface area contributed by atoms with Gasteiger partial charge in [-0.25, -0.2) is 4.79 Å². The number of benzene rings is 2. The molecular formula is C20H23N3O2. The van der Waals surface area contributed by atoms with Crippen LogP contribution in [0.1, 0.15) is 29.2 Å². The van der Waals surface area contributed by atoms with Gasteiger partial charge >= 0.3 is 6.03 Å². The Morgan fingerprint density at radius 1 is 1.12 bits per heavy atom. The van der Waals surface area contributed by atoms with Gasteiger partial charge in [-0.05, 0) is 36.6 Å². The SMILES string of the molecule is Cc1cccc(NC(=O)N2CCNC(=O)C[C@H]2c2ccccc2)c1C. The number of anilines is 1. The van der Waals surface area contributed by atoms with Gasteiger partial charge in [-0.15, -0.1) is 0 Å². The molecule has 0 saturated carbocycles. The topological polar surface area (TPSA) is 61.4 Å². The molecule has 2 aromatic carbocycles. The van der Waals surface area contributed by atoms with Crippen LogP contribution in [0, 0.1) is 13.8 Å². The molecule has 0 spiro atoms. The van der Waals surface area contributed by atoms with Gasteiger partial charge < -0.3 is 15.5 Å². The Balaban J connectivity index is 1.87. The van der Waals surface area contributed by atoms with E-state index in [1.165, 1.54) is 0 Å². The van der Waals surface area contributed by atoms with Gasteiger partial charge in [-0.3, -0.25) is 4.79 Å². The summed E-state index contributed by atoms with van der Waals surface area (Å²) in [6, 6.07) is 15.1. The van der Waals surface area contributed by atoms with Crippen LogP contribution in [0.3, 0.4) is 0 Å². The number of nitrogens with zero attached hydrogens (tertiary/aromatic N) is 1. The Morgan fingerprint density at radius 2 is 1.88 bits per heavy atom. The third-order valence-electron chi connectivity index (χ3n) is 4.72. The molecule has 25 heavy (non-hydrogen) atoms. The zero-order valence-corrected chi connectivity index (χ0v) is 14.6. The zero-order valence-electron chi connectivity index (χ0n) is 14.6. The van der Waals surface area contributed by atoms with E-state index < -0.39 is 0 Å². The van der Waals surface area contributed by atoms with Crippen LogP contribution >= 0.6 is 0 Å². The Kier molecular flexibility index (Phi) is 5.03. The number of hydrogen-bond donors (Lipinski definition) is 2. The maximum Gasteiger partial charge on any atom is 0.322 e. The first-order valence-electron chi connectivity index (χ1n) is 8.52. The number of aryl methyl sites for hydroxylation is 1. The molecule has 2 N–H and O–H groups in total. The molecule has 1 fully saturated rings. The lowest BCUT2D eigenvalue weighted by Gasteiger charge is -2.30. The van der Waals surface area contributed by atoms with E-state index in [0.717, 1.165) is 22.4 Å². The minimum Gasteiger partial charge on any atom is -0.354 e. The van der Waals surface area contributed by atoms with Crippen molar-refractivity contribution in [2.45, 2.75) is 26.3 Å². The van der Waals surface area contributed by atoms with Gasteiger partial charge in [0.25, 0.3) is 0 Å². The number of nitrogens with one attached hydrogen (secondary N) is 2. The van der Waals surface area contributed by atoms with Crippen molar-refractivity contribution in [1.29, 1.82) is 0 Å². The standard InChI is InChI=1S/C20H23N3O2/c1-14-7-6-10-17(15(14)2)22-20(25)23-12-11-21-19(24)13-18(23)16-8-4-3-5-9-16/h3-10,18H,11-13H2,1-2H3,(H,21,24)(H,22,25)/t18-/m0/s1. The molecule has 0 aromatic heterocycles. The highest BCUT2D eigenvalue weighted by atomic mass is 16.2. The number of urea groups is 1. The van der Waals surface area contributed by atoms with Gasteiger partial charge in [0.15, 0.2) is 0 Å². The molecule has 5 nitrogen and oxygen atoms in total. The largest absolute Gasteiger partial charge is 0.354 e. The molecule has 5 heteroatoms. The fourth-order valence-corrected chi connectivity index (χ4v) is 3.12. The summed E-state index contributed by atoms with van der Waals surface area (Å²) in [6.07, 6.45) is 0.268. The summed E-state index contributed by atoms with van der Waals surface area (Å²) in [4.78, 5) is 26.7. The number of carbonyl (C=O) groups is 2. The smallest absolute Gasteiger partial charge is 0.322 e. The average molecular weight is 337 g/mol. The van der Waals surface area contributed by atoms with Crippen molar-refractivity contribution in [3.63, 3.8) is 0 Å². The van der Waals surface area contributed by atoms with E-state index in [-0.39, 0.29) is 24.4 Å². The van der Waals surface area contributed by atoms with E-state index in [1.54, 1.807) is 4.90 Å². The number of rotatable bonds is 2. The fourth-order valence-electron chi connectivity index (χ4n) is 3.12. The quantitative estimate of drug-likeness (QED) is 0.882. The molecule has 1 atom stereocenters. The van der Waals surface area contributed by atoms with Crippen LogP contribution < -0.4 is 10.6 Å². The van der Waals surface area contributed by atoms with Crippen LogP contribution in [0.25, 0.3) is 0 Å². The van der Waals surface area contributed by atoms with Gasteiger partial charge in [-0.2, -0.15) is 0 Å². The highest BCUT2D eigenvalue weighted by molar-refractivity contribution is 5.91. The lowest BCUT2D eigenvalue weighted by Crippen LogP contribution is -2.39. The first-order chi connectivity index (χ1) is 12.1.